The van der Waals surface area contributed by atoms with Crippen molar-refractivity contribution in [2.45, 2.75) is 6.42 Å². The van der Waals surface area contributed by atoms with Gasteiger partial charge in [0.1, 0.15) is 0 Å². The lowest BCUT2D eigenvalue weighted by Crippen LogP contribution is -2.02. The molecule has 9 aromatic rings. The van der Waals surface area contributed by atoms with Crippen LogP contribution in [0.2, 0.25) is 0 Å². The Hall–Kier alpha value is -6.18. The molecule has 0 amide bonds. The SMILES string of the molecule is C(/Cc1cc2ccccc2c2ccccc12)=C(/Nc1ccc(-c2ccccc2)cc1)c1c2ccccc2cc2c1ccc1ccccc12. The summed E-state index contributed by atoms with van der Waals surface area (Å²) in [6, 6.07) is 63.7. The zero-order chi connectivity index (χ0) is 31.9. The summed E-state index contributed by atoms with van der Waals surface area (Å²) < 4.78 is 0. The molecule has 0 saturated carbocycles. The average Bonchev–Trinajstić information content (AvgIpc) is 3.16. The fourth-order valence-corrected chi connectivity index (χ4v) is 7.37. The van der Waals surface area contributed by atoms with E-state index in [9.17, 15) is 0 Å². The van der Waals surface area contributed by atoms with E-state index >= 15 is 0 Å². The Balaban J connectivity index is 1.25. The number of nitrogens with one attached hydrogen (secondary N) is 1. The lowest BCUT2D eigenvalue weighted by atomic mass is 9.90. The van der Waals surface area contributed by atoms with E-state index < -0.39 is 0 Å². The summed E-state index contributed by atoms with van der Waals surface area (Å²) in [5.41, 5.74) is 7.14. The predicted molar refractivity (Wildman–Crippen MR) is 208 cm³/mol. The molecule has 0 aliphatic rings. The molecule has 1 nitrogen and oxygen atoms in total. The van der Waals surface area contributed by atoms with Crippen LogP contribution in [-0.2, 0) is 6.42 Å². The Morgan fingerprint density at radius 3 is 1.71 bits per heavy atom. The Kier molecular flexibility index (Phi) is 6.95. The molecular formula is C47H33N. The molecule has 0 atom stereocenters. The number of fused-ring (bicyclic) bond motifs is 7. The van der Waals surface area contributed by atoms with Gasteiger partial charge in [-0.25, -0.2) is 0 Å². The van der Waals surface area contributed by atoms with Crippen molar-refractivity contribution in [3.05, 3.63) is 193 Å². The van der Waals surface area contributed by atoms with Crippen LogP contribution in [0.1, 0.15) is 11.1 Å². The number of hydrogen-bond donors (Lipinski definition) is 1. The standard InChI is InChI=1S/C47H33N/c1-2-12-32(13-3-1)33-22-26-38(27-23-33)48-46(29-25-37-30-35-15-5-8-18-40(35)43-21-11-10-19-41(37)43)47-42-20-9-6-16-36(42)31-45-39-17-7-4-14-34(39)24-28-44(45)47/h1-24,26-31,48H,25H2/b46-29-. The van der Waals surface area contributed by atoms with Crippen LogP contribution in [0.3, 0.4) is 0 Å². The monoisotopic (exact) mass is 611 g/mol. The van der Waals surface area contributed by atoms with Gasteiger partial charge in [-0.15, -0.1) is 0 Å². The van der Waals surface area contributed by atoms with Crippen molar-refractivity contribution in [3.8, 4) is 11.1 Å². The number of rotatable bonds is 6. The van der Waals surface area contributed by atoms with E-state index in [2.05, 4.69) is 187 Å². The predicted octanol–water partition coefficient (Wildman–Crippen LogP) is 12.8. The zero-order valence-electron chi connectivity index (χ0n) is 26.5. The lowest BCUT2D eigenvalue weighted by molar-refractivity contribution is 1.30. The second-order valence-electron chi connectivity index (χ2n) is 12.5. The van der Waals surface area contributed by atoms with Crippen LogP contribution in [0.25, 0.3) is 70.7 Å². The van der Waals surface area contributed by atoms with Gasteiger partial charge in [0, 0.05) is 16.9 Å². The number of anilines is 1. The largest absolute Gasteiger partial charge is 0.355 e. The molecule has 0 spiro atoms. The fourth-order valence-electron chi connectivity index (χ4n) is 7.37. The fraction of sp³-hybridized carbons (Fsp3) is 0.0213. The molecule has 0 heterocycles. The maximum Gasteiger partial charge on any atom is 0.0433 e. The third-order valence-electron chi connectivity index (χ3n) is 9.69. The van der Waals surface area contributed by atoms with Crippen molar-refractivity contribution in [3.63, 3.8) is 0 Å². The minimum atomic E-state index is 0.786. The van der Waals surface area contributed by atoms with Gasteiger partial charge in [0.2, 0.25) is 0 Å². The first-order valence-corrected chi connectivity index (χ1v) is 16.7. The molecule has 0 saturated heterocycles. The average molecular weight is 612 g/mol. The summed E-state index contributed by atoms with van der Waals surface area (Å²) in [6.07, 6.45) is 3.19. The normalized spacial score (nSPS) is 12.0. The smallest absolute Gasteiger partial charge is 0.0433 e. The topological polar surface area (TPSA) is 12.0 Å². The summed E-state index contributed by atoms with van der Waals surface area (Å²) in [6.45, 7) is 0. The van der Waals surface area contributed by atoms with Gasteiger partial charge in [0.05, 0.1) is 0 Å². The third-order valence-corrected chi connectivity index (χ3v) is 9.69. The summed E-state index contributed by atoms with van der Waals surface area (Å²) in [5.74, 6) is 0. The number of hydrogen-bond acceptors (Lipinski definition) is 1. The van der Waals surface area contributed by atoms with E-state index in [1.165, 1.54) is 76.1 Å². The van der Waals surface area contributed by atoms with Crippen molar-refractivity contribution < 1.29 is 0 Å². The Bertz CT molecular complexity index is 2650. The third kappa shape index (κ3) is 4.98. The molecular weight excluding hydrogens is 579 g/mol. The van der Waals surface area contributed by atoms with E-state index in [1.807, 2.05) is 0 Å². The van der Waals surface area contributed by atoms with Crippen LogP contribution in [0, 0.1) is 0 Å². The molecule has 0 unspecified atom stereocenters. The minimum Gasteiger partial charge on any atom is -0.355 e. The highest BCUT2D eigenvalue weighted by Gasteiger charge is 2.15. The molecule has 0 aromatic heterocycles. The summed E-state index contributed by atoms with van der Waals surface area (Å²) >= 11 is 0. The maximum absolute atomic E-state index is 3.92. The first-order chi connectivity index (χ1) is 23.8. The molecule has 0 bridgehead atoms. The summed E-state index contributed by atoms with van der Waals surface area (Å²) in [4.78, 5) is 0. The van der Waals surface area contributed by atoms with Gasteiger partial charge >= 0.3 is 0 Å². The molecule has 9 aromatic carbocycles. The maximum atomic E-state index is 3.92. The second kappa shape index (κ2) is 11.9. The van der Waals surface area contributed by atoms with Crippen molar-refractivity contribution >= 4 is 65.2 Å². The second-order valence-corrected chi connectivity index (χ2v) is 12.5. The van der Waals surface area contributed by atoms with Gasteiger partial charge in [0.25, 0.3) is 0 Å². The summed E-state index contributed by atoms with van der Waals surface area (Å²) in [5, 5.41) is 16.6. The number of benzene rings is 9. The Labute approximate surface area is 280 Å². The van der Waals surface area contributed by atoms with Gasteiger partial charge in [-0.1, -0.05) is 164 Å². The van der Waals surface area contributed by atoms with Crippen LogP contribution < -0.4 is 5.32 Å². The van der Waals surface area contributed by atoms with Gasteiger partial charge in [-0.2, -0.15) is 0 Å². The van der Waals surface area contributed by atoms with Crippen molar-refractivity contribution in [1.29, 1.82) is 0 Å². The van der Waals surface area contributed by atoms with E-state index in [4.69, 9.17) is 0 Å². The van der Waals surface area contributed by atoms with E-state index in [0.717, 1.165) is 17.8 Å². The molecule has 226 valence electrons. The van der Waals surface area contributed by atoms with Crippen molar-refractivity contribution in [1.82, 2.24) is 0 Å². The lowest BCUT2D eigenvalue weighted by Gasteiger charge is -2.19. The summed E-state index contributed by atoms with van der Waals surface area (Å²) in [7, 11) is 0. The molecule has 9 rings (SSSR count). The van der Waals surface area contributed by atoms with E-state index in [1.54, 1.807) is 0 Å². The quantitative estimate of drug-likeness (QED) is 0.146. The Morgan fingerprint density at radius 2 is 0.958 bits per heavy atom. The highest BCUT2D eigenvalue weighted by Crippen LogP contribution is 2.38. The highest BCUT2D eigenvalue weighted by molar-refractivity contribution is 6.18. The van der Waals surface area contributed by atoms with Gasteiger partial charge < -0.3 is 5.32 Å². The molecule has 0 aliphatic heterocycles. The van der Waals surface area contributed by atoms with Crippen LogP contribution in [0.15, 0.2) is 182 Å². The highest BCUT2D eigenvalue weighted by atomic mass is 14.9. The van der Waals surface area contributed by atoms with Gasteiger partial charge in [0.15, 0.2) is 0 Å². The van der Waals surface area contributed by atoms with E-state index in [0.29, 0.717) is 0 Å². The zero-order valence-corrected chi connectivity index (χ0v) is 26.5. The molecule has 0 radical (unpaired) electrons. The number of allylic oxidation sites excluding steroid dienone is 1. The molecule has 1 N–H and O–H groups in total. The van der Waals surface area contributed by atoms with Crippen LogP contribution in [0.5, 0.6) is 0 Å². The minimum absolute atomic E-state index is 0.786. The van der Waals surface area contributed by atoms with Crippen LogP contribution in [0.4, 0.5) is 5.69 Å². The first-order valence-electron chi connectivity index (χ1n) is 16.7. The molecule has 0 fully saturated rings. The van der Waals surface area contributed by atoms with Crippen LogP contribution >= 0.6 is 0 Å². The molecule has 1 heteroatoms. The van der Waals surface area contributed by atoms with Gasteiger partial charge in [-0.05, 0) is 95.2 Å². The first kappa shape index (κ1) is 28.1. The van der Waals surface area contributed by atoms with Gasteiger partial charge in [-0.3, -0.25) is 0 Å². The molecule has 0 aliphatic carbocycles. The van der Waals surface area contributed by atoms with E-state index in [-0.39, 0.29) is 0 Å². The van der Waals surface area contributed by atoms with Crippen LogP contribution in [-0.4, -0.2) is 0 Å². The van der Waals surface area contributed by atoms with Crippen molar-refractivity contribution in [2.75, 3.05) is 5.32 Å². The van der Waals surface area contributed by atoms with Crippen molar-refractivity contribution in [2.24, 2.45) is 0 Å². The molecule has 48 heavy (non-hydrogen) atoms. The Morgan fingerprint density at radius 1 is 0.396 bits per heavy atom.